The average Bonchev–Trinajstić information content (AvgIpc) is 2.61. The summed E-state index contributed by atoms with van der Waals surface area (Å²) in [6.07, 6.45) is 0.247. The van der Waals surface area contributed by atoms with Gasteiger partial charge in [-0.15, -0.1) is 0 Å². The molecule has 0 saturated carbocycles. The maximum absolute atomic E-state index is 12.5. The number of hydrogen-bond donors (Lipinski definition) is 1. The van der Waals surface area contributed by atoms with Crippen LogP contribution in [0.3, 0.4) is 0 Å². The molecule has 0 aliphatic heterocycles. The Labute approximate surface area is 153 Å². The highest BCUT2D eigenvalue weighted by Crippen LogP contribution is 2.17. The van der Waals surface area contributed by atoms with Crippen molar-refractivity contribution < 1.29 is 9.59 Å². The Bertz CT molecular complexity index is 719. The number of halogens is 1. The Kier molecular flexibility index (Phi) is 7.02. The van der Waals surface area contributed by atoms with Crippen molar-refractivity contribution in [2.75, 3.05) is 6.54 Å². The topological polar surface area (TPSA) is 49.4 Å². The SMILES string of the molecule is CCN(Cc1ccccc1Cl)C(=O)CC(C)NC(=O)c1ccccc1. The van der Waals surface area contributed by atoms with Gasteiger partial charge in [-0.1, -0.05) is 48.0 Å². The fourth-order valence-electron chi connectivity index (χ4n) is 2.55. The Balaban J connectivity index is 1.92. The van der Waals surface area contributed by atoms with Gasteiger partial charge in [0.1, 0.15) is 0 Å². The van der Waals surface area contributed by atoms with E-state index in [4.69, 9.17) is 11.6 Å². The molecule has 5 heteroatoms. The van der Waals surface area contributed by atoms with Crippen LogP contribution in [0.25, 0.3) is 0 Å². The van der Waals surface area contributed by atoms with Crippen LogP contribution < -0.4 is 5.32 Å². The summed E-state index contributed by atoms with van der Waals surface area (Å²) in [5.41, 5.74) is 1.51. The second-order valence-electron chi connectivity index (χ2n) is 5.94. The summed E-state index contributed by atoms with van der Waals surface area (Å²) in [5, 5.41) is 3.52. The Hall–Kier alpha value is -2.33. The van der Waals surface area contributed by atoms with E-state index in [0.29, 0.717) is 23.7 Å². The van der Waals surface area contributed by atoms with Crippen LogP contribution in [0.2, 0.25) is 5.02 Å². The van der Waals surface area contributed by atoms with Crippen molar-refractivity contribution in [2.45, 2.75) is 32.9 Å². The van der Waals surface area contributed by atoms with E-state index < -0.39 is 0 Å². The molecule has 0 fully saturated rings. The van der Waals surface area contributed by atoms with E-state index in [1.165, 1.54) is 0 Å². The average molecular weight is 359 g/mol. The Morgan fingerprint density at radius 2 is 1.72 bits per heavy atom. The predicted octanol–water partition coefficient (Wildman–Crippen LogP) is 3.90. The van der Waals surface area contributed by atoms with Crippen molar-refractivity contribution in [2.24, 2.45) is 0 Å². The molecule has 0 spiro atoms. The summed E-state index contributed by atoms with van der Waals surface area (Å²) in [7, 11) is 0. The minimum atomic E-state index is -0.250. The minimum Gasteiger partial charge on any atom is -0.349 e. The summed E-state index contributed by atoms with van der Waals surface area (Å²) in [4.78, 5) is 26.5. The van der Waals surface area contributed by atoms with E-state index in [1.807, 2.05) is 56.3 Å². The maximum atomic E-state index is 12.5. The lowest BCUT2D eigenvalue weighted by Crippen LogP contribution is -2.39. The first-order valence-electron chi connectivity index (χ1n) is 8.38. The second-order valence-corrected chi connectivity index (χ2v) is 6.35. The normalized spacial score (nSPS) is 11.6. The molecule has 0 aromatic heterocycles. The standard InChI is InChI=1S/C20H23ClN2O2/c1-3-23(14-17-11-7-8-12-18(17)21)19(24)13-15(2)22-20(25)16-9-5-4-6-10-16/h4-12,15H,3,13-14H2,1-2H3,(H,22,25). The van der Waals surface area contributed by atoms with Crippen molar-refractivity contribution in [1.29, 1.82) is 0 Å². The molecule has 132 valence electrons. The van der Waals surface area contributed by atoms with Gasteiger partial charge in [0.15, 0.2) is 0 Å². The lowest BCUT2D eigenvalue weighted by atomic mass is 10.1. The highest BCUT2D eigenvalue weighted by molar-refractivity contribution is 6.31. The molecule has 2 aromatic carbocycles. The summed E-state index contributed by atoms with van der Waals surface area (Å²) in [6.45, 7) is 4.82. The molecule has 0 heterocycles. The molecule has 0 aliphatic rings. The third-order valence-corrected chi connectivity index (χ3v) is 4.32. The van der Waals surface area contributed by atoms with Crippen LogP contribution in [0.15, 0.2) is 54.6 Å². The molecule has 4 nitrogen and oxygen atoms in total. The highest BCUT2D eigenvalue weighted by atomic mass is 35.5. The number of amides is 2. The third-order valence-electron chi connectivity index (χ3n) is 3.95. The van der Waals surface area contributed by atoms with Gasteiger partial charge in [-0.3, -0.25) is 9.59 Å². The lowest BCUT2D eigenvalue weighted by molar-refractivity contribution is -0.132. The van der Waals surface area contributed by atoms with E-state index in [-0.39, 0.29) is 24.3 Å². The molecular weight excluding hydrogens is 336 g/mol. The number of carbonyl (C=O) groups is 2. The zero-order chi connectivity index (χ0) is 18.2. The van der Waals surface area contributed by atoms with Crippen LogP contribution >= 0.6 is 11.6 Å². The summed E-state index contributed by atoms with van der Waals surface area (Å²) in [6, 6.07) is 16.2. The smallest absolute Gasteiger partial charge is 0.251 e. The first-order valence-corrected chi connectivity index (χ1v) is 8.76. The number of nitrogens with one attached hydrogen (secondary N) is 1. The van der Waals surface area contributed by atoms with E-state index in [1.54, 1.807) is 17.0 Å². The molecule has 0 aliphatic carbocycles. The van der Waals surface area contributed by atoms with Gasteiger partial charge in [-0.05, 0) is 37.6 Å². The molecule has 0 radical (unpaired) electrons. The van der Waals surface area contributed by atoms with Crippen molar-refractivity contribution in [3.63, 3.8) is 0 Å². The first kappa shape index (κ1) is 19.0. The van der Waals surface area contributed by atoms with Gasteiger partial charge in [0.2, 0.25) is 5.91 Å². The highest BCUT2D eigenvalue weighted by Gasteiger charge is 2.18. The lowest BCUT2D eigenvalue weighted by Gasteiger charge is -2.23. The molecule has 2 amide bonds. The maximum Gasteiger partial charge on any atom is 0.251 e. The van der Waals surface area contributed by atoms with E-state index in [9.17, 15) is 9.59 Å². The monoisotopic (exact) mass is 358 g/mol. The van der Waals surface area contributed by atoms with Gasteiger partial charge in [-0.2, -0.15) is 0 Å². The summed E-state index contributed by atoms with van der Waals surface area (Å²) >= 11 is 6.18. The predicted molar refractivity (Wildman–Crippen MR) is 101 cm³/mol. The van der Waals surface area contributed by atoms with Gasteiger partial charge in [-0.25, -0.2) is 0 Å². The Morgan fingerprint density at radius 3 is 2.36 bits per heavy atom. The van der Waals surface area contributed by atoms with Gasteiger partial charge >= 0.3 is 0 Å². The molecule has 0 saturated heterocycles. The molecule has 1 atom stereocenters. The van der Waals surface area contributed by atoms with E-state index in [2.05, 4.69) is 5.32 Å². The zero-order valence-electron chi connectivity index (χ0n) is 14.5. The zero-order valence-corrected chi connectivity index (χ0v) is 15.3. The Morgan fingerprint density at radius 1 is 1.08 bits per heavy atom. The molecule has 2 aromatic rings. The minimum absolute atomic E-state index is 0.0109. The quantitative estimate of drug-likeness (QED) is 0.816. The molecule has 25 heavy (non-hydrogen) atoms. The van der Waals surface area contributed by atoms with Gasteiger partial charge < -0.3 is 10.2 Å². The summed E-state index contributed by atoms with van der Waals surface area (Å²) < 4.78 is 0. The van der Waals surface area contributed by atoms with Crippen molar-refractivity contribution in [3.05, 3.63) is 70.7 Å². The van der Waals surface area contributed by atoms with Gasteiger partial charge in [0.25, 0.3) is 5.91 Å². The fraction of sp³-hybridized carbons (Fsp3) is 0.300. The molecule has 1 N–H and O–H groups in total. The van der Waals surface area contributed by atoms with Crippen LogP contribution in [0.5, 0.6) is 0 Å². The van der Waals surface area contributed by atoms with Crippen molar-refractivity contribution in [3.8, 4) is 0 Å². The van der Waals surface area contributed by atoms with E-state index in [0.717, 1.165) is 5.56 Å². The van der Waals surface area contributed by atoms with Crippen LogP contribution in [0, 0.1) is 0 Å². The first-order chi connectivity index (χ1) is 12.0. The van der Waals surface area contributed by atoms with Crippen LogP contribution in [-0.2, 0) is 11.3 Å². The van der Waals surface area contributed by atoms with Gasteiger partial charge in [0.05, 0.1) is 0 Å². The number of nitrogens with zero attached hydrogens (tertiary/aromatic N) is 1. The van der Waals surface area contributed by atoms with Crippen LogP contribution in [0.4, 0.5) is 0 Å². The number of hydrogen-bond acceptors (Lipinski definition) is 2. The second kappa shape index (κ2) is 9.23. The summed E-state index contributed by atoms with van der Waals surface area (Å²) in [5.74, 6) is -0.182. The van der Waals surface area contributed by atoms with Crippen molar-refractivity contribution >= 4 is 23.4 Å². The number of benzene rings is 2. The van der Waals surface area contributed by atoms with Crippen LogP contribution in [0.1, 0.15) is 36.2 Å². The molecule has 2 rings (SSSR count). The number of rotatable bonds is 7. The van der Waals surface area contributed by atoms with Gasteiger partial charge in [0, 0.05) is 36.1 Å². The molecule has 1 unspecified atom stereocenters. The van der Waals surface area contributed by atoms with Crippen LogP contribution in [-0.4, -0.2) is 29.3 Å². The molecular formula is C20H23ClN2O2. The fourth-order valence-corrected chi connectivity index (χ4v) is 2.74. The largest absolute Gasteiger partial charge is 0.349 e. The molecule has 0 bridgehead atoms. The van der Waals surface area contributed by atoms with Crippen molar-refractivity contribution in [1.82, 2.24) is 10.2 Å². The third kappa shape index (κ3) is 5.61. The number of carbonyl (C=O) groups excluding carboxylic acids is 2. The van der Waals surface area contributed by atoms with E-state index >= 15 is 0 Å².